The minimum Gasteiger partial charge on any atom is -0.392 e. The van der Waals surface area contributed by atoms with Crippen LogP contribution in [0.2, 0.25) is 0 Å². The lowest BCUT2D eigenvalue weighted by Crippen LogP contribution is -2.50. The second kappa shape index (κ2) is 7.27. The lowest BCUT2D eigenvalue weighted by Gasteiger charge is -2.31. The van der Waals surface area contributed by atoms with Gasteiger partial charge in [-0.25, -0.2) is 0 Å². The van der Waals surface area contributed by atoms with E-state index in [9.17, 15) is 9.59 Å². The summed E-state index contributed by atoms with van der Waals surface area (Å²) in [6.07, 6.45) is 1.79. The van der Waals surface area contributed by atoms with Crippen molar-refractivity contribution in [3.8, 4) is 0 Å². The van der Waals surface area contributed by atoms with Gasteiger partial charge in [-0.2, -0.15) is 0 Å². The number of hydrogen-bond acceptors (Lipinski definition) is 4. The number of piperidine rings is 1. The van der Waals surface area contributed by atoms with E-state index in [4.69, 9.17) is 10.5 Å². The van der Waals surface area contributed by atoms with Gasteiger partial charge in [-0.3, -0.25) is 9.59 Å². The first-order chi connectivity index (χ1) is 8.54. The van der Waals surface area contributed by atoms with Gasteiger partial charge in [0.1, 0.15) is 0 Å². The first-order valence-corrected chi connectivity index (χ1v) is 6.42. The van der Waals surface area contributed by atoms with Crippen molar-refractivity contribution >= 4 is 29.0 Å². The van der Waals surface area contributed by atoms with Crippen LogP contribution < -0.4 is 11.1 Å². The molecule has 6 nitrogen and oxygen atoms in total. The number of nitrogens with one attached hydrogen (secondary N) is 1. The molecule has 0 aromatic rings. The molecular formula is C11H19N3O3S. The molecule has 18 heavy (non-hydrogen) atoms. The first-order valence-electron chi connectivity index (χ1n) is 6.01. The molecule has 0 spiro atoms. The van der Waals surface area contributed by atoms with E-state index >= 15 is 0 Å². The highest BCUT2D eigenvalue weighted by Crippen LogP contribution is 2.13. The van der Waals surface area contributed by atoms with Gasteiger partial charge in [-0.15, -0.1) is 0 Å². The van der Waals surface area contributed by atoms with Crippen LogP contribution in [0.1, 0.15) is 19.8 Å². The second-order valence-electron chi connectivity index (χ2n) is 4.12. The smallest absolute Gasteiger partial charge is 0.311 e. The Labute approximate surface area is 112 Å². The maximum Gasteiger partial charge on any atom is 0.311 e. The van der Waals surface area contributed by atoms with Crippen LogP contribution in [0.3, 0.4) is 0 Å². The molecule has 1 atom stereocenters. The van der Waals surface area contributed by atoms with E-state index in [-0.39, 0.29) is 17.6 Å². The fraction of sp³-hybridized carbons (Fsp3) is 0.727. The molecule has 0 saturated carbocycles. The predicted molar refractivity (Wildman–Crippen MR) is 71.0 cm³/mol. The monoisotopic (exact) mass is 273 g/mol. The normalized spacial score (nSPS) is 19.4. The van der Waals surface area contributed by atoms with Gasteiger partial charge in [0, 0.05) is 19.7 Å². The Balaban J connectivity index is 2.44. The molecule has 1 rings (SSSR count). The highest BCUT2D eigenvalue weighted by molar-refractivity contribution is 7.80. The SMILES string of the molecule is CCOC1CCCN(C(=O)C(=O)NCC(N)=S)C1. The van der Waals surface area contributed by atoms with E-state index in [2.05, 4.69) is 17.5 Å². The third-order valence-electron chi connectivity index (χ3n) is 2.69. The van der Waals surface area contributed by atoms with Gasteiger partial charge >= 0.3 is 11.8 Å². The Hall–Kier alpha value is -1.21. The third kappa shape index (κ3) is 4.58. The summed E-state index contributed by atoms with van der Waals surface area (Å²) >= 11 is 4.63. The molecule has 1 aliphatic heterocycles. The highest BCUT2D eigenvalue weighted by Gasteiger charge is 2.27. The van der Waals surface area contributed by atoms with Crippen LogP contribution >= 0.6 is 12.2 Å². The number of nitrogens with zero attached hydrogens (tertiary/aromatic N) is 1. The van der Waals surface area contributed by atoms with Crippen LogP contribution in [0.5, 0.6) is 0 Å². The Morgan fingerprint density at radius 2 is 2.28 bits per heavy atom. The average molecular weight is 273 g/mol. The number of likely N-dealkylation sites (tertiary alicyclic amines) is 1. The van der Waals surface area contributed by atoms with Crippen molar-refractivity contribution in [1.29, 1.82) is 0 Å². The van der Waals surface area contributed by atoms with Crippen LogP contribution in [0, 0.1) is 0 Å². The van der Waals surface area contributed by atoms with E-state index in [0.717, 1.165) is 12.8 Å². The van der Waals surface area contributed by atoms with Crippen molar-refractivity contribution < 1.29 is 14.3 Å². The van der Waals surface area contributed by atoms with Crippen LogP contribution in [-0.4, -0.2) is 54.0 Å². The number of thiocarbonyl (C=S) groups is 1. The van der Waals surface area contributed by atoms with Crippen molar-refractivity contribution in [3.05, 3.63) is 0 Å². The van der Waals surface area contributed by atoms with Crippen molar-refractivity contribution in [3.63, 3.8) is 0 Å². The Bertz CT molecular complexity index is 333. The van der Waals surface area contributed by atoms with Crippen LogP contribution in [0.4, 0.5) is 0 Å². The van der Waals surface area contributed by atoms with E-state index in [0.29, 0.717) is 19.7 Å². The molecule has 1 heterocycles. The fourth-order valence-electron chi connectivity index (χ4n) is 1.88. The van der Waals surface area contributed by atoms with Gasteiger partial charge in [0.25, 0.3) is 0 Å². The zero-order chi connectivity index (χ0) is 13.5. The van der Waals surface area contributed by atoms with E-state index in [1.54, 1.807) is 0 Å². The molecule has 0 radical (unpaired) electrons. The van der Waals surface area contributed by atoms with Gasteiger partial charge in [0.05, 0.1) is 17.6 Å². The van der Waals surface area contributed by atoms with Gasteiger partial charge < -0.3 is 20.7 Å². The van der Waals surface area contributed by atoms with Crippen molar-refractivity contribution in [2.24, 2.45) is 5.73 Å². The maximum absolute atomic E-state index is 11.8. The maximum atomic E-state index is 11.8. The molecule has 2 amide bonds. The summed E-state index contributed by atoms with van der Waals surface area (Å²) in [5, 5.41) is 2.39. The number of nitrogens with two attached hydrogens (primary N) is 1. The number of rotatable bonds is 4. The molecule has 1 saturated heterocycles. The summed E-state index contributed by atoms with van der Waals surface area (Å²) in [5.74, 6) is -1.21. The van der Waals surface area contributed by atoms with Gasteiger partial charge in [-0.05, 0) is 19.8 Å². The number of carbonyl (C=O) groups is 2. The first kappa shape index (κ1) is 14.8. The molecule has 102 valence electrons. The molecule has 1 aliphatic rings. The molecule has 0 aliphatic carbocycles. The zero-order valence-electron chi connectivity index (χ0n) is 10.5. The quantitative estimate of drug-likeness (QED) is 0.528. The number of hydrogen-bond donors (Lipinski definition) is 2. The topological polar surface area (TPSA) is 84.7 Å². The van der Waals surface area contributed by atoms with Crippen LogP contribution in [0.15, 0.2) is 0 Å². The van der Waals surface area contributed by atoms with Gasteiger partial charge in [-0.1, -0.05) is 12.2 Å². The largest absolute Gasteiger partial charge is 0.392 e. The lowest BCUT2D eigenvalue weighted by atomic mass is 10.1. The Kier molecular flexibility index (Phi) is 6.00. The summed E-state index contributed by atoms with van der Waals surface area (Å²) in [5.41, 5.74) is 5.25. The van der Waals surface area contributed by atoms with Crippen LogP contribution in [0.25, 0.3) is 0 Å². The molecule has 1 unspecified atom stereocenters. The molecule has 0 aromatic heterocycles. The summed E-state index contributed by atoms with van der Waals surface area (Å²) in [7, 11) is 0. The minimum absolute atomic E-state index is 0.0242. The third-order valence-corrected chi connectivity index (χ3v) is 2.83. The summed E-state index contributed by atoms with van der Waals surface area (Å²) < 4.78 is 5.47. The van der Waals surface area contributed by atoms with E-state index < -0.39 is 11.8 Å². The summed E-state index contributed by atoms with van der Waals surface area (Å²) in [6.45, 7) is 3.62. The number of carbonyl (C=O) groups excluding carboxylic acids is 2. The van der Waals surface area contributed by atoms with Crippen LogP contribution in [-0.2, 0) is 14.3 Å². The molecule has 0 aromatic carbocycles. The molecular weight excluding hydrogens is 254 g/mol. The van der Waals surface area contributed by atoms with Gasteiger partial charge in [0.2, 0.25) is 0 Å². The number of ether oxygens (including phenoxy) is 1. The van der Waals surface area contributed by atoms with Gasteiger partial charge in [0.15, 0.2) is 0 Å². The molecule has 0 bridgehead atoms. The molecule has 7 heteroatoms. The molecule has 1 fully saturated rings. The van der Waals surface area contributed by atoms with Crippen molar-refractivity contribution in [2.75, 3.05) is 26.2 Å². The Morgan fingerprint density at radius 1 is 1.56 bits per heavy atom. The number of amides is 2. The zero-order valence-corrected chi connectivity index (χ0v) is 11.3. The van der Waals surface area contributed by atoms with Crippen molar-refractivity contribution in [1.82, 2.24) is 10.2 Å². The average Bonchev–Trinajstić information content (AvgIpc) is 2.35. The molecule has 3 N–H and O–H groups in total. The standard InChI is InChI=1S/C11H19N3O3S/c1-2-17-8-4-3-5-14(7-8)11(16)10(15)13-6-9(12)18/h8H,2-7H2,1H3,(H2,12,18)(H,13,15). The fourth-order valence-corrected chi connectivity index (χ4v) is 1.95. The predicted octanol–water partition coefficient (Wildman–Crippen LogP) is -0.584. The minimum atomic E-state index is -0.667. The van der Waals surface area contributed by atoms with E-state index in [1.807, 2.05) is 6.92 Å². The summed E-state index contributed by atoms with van der Waals surface area (Å²) in [6, 6.07) is 0. The van der Waals surface area contributed by atoms with E-state index in [1.165, 1.54) is 4.90 Å². The lowest BCUT2D eigenvalue weighted by molar-refractivity contribution is -0.148. The highest BCUT2D eigenvalue weighted by atomic mass is 32.1. The summed E-state index contributed by atoms with van der Waals surface area (Å²) in [4.78, 5) is 25.1. The Morgan fingerprint density at radius 3 is 2.89 bits per heavy atom. The second-order valence-corrected chi connectivity index (χ2v) is 4.64. The van der Waals surface area contributed by atoms with Crippen molar-refractivity contribution in [2.45, 2.75) is 25.9 Å².